The summed E-state index contributed by atoms with van der Waals surface area (Å²) in [4.78, 5) is 17.3. The maximum atomic E-state index is 12.6. The first kappa shape index (κ1) is 16.9. The number of hydrogen-bond donors (Lipinski definition) is 1. The van der Waals surface area contributed by atoms with Crippen LogP contribution in [0.3, 0.4) is 0 Å². The fraction of sp³-hybridized carbons (Fsp3) is 0.650. The number of methoxy groups -OCH3 is 1. The molecule has 0 bridgehead atoms. The largest absolute Gasteiger partial charge is 0.375 e. The molecule has 3 fully saturated rings. The van der Waals surface area contributed by atoms with Gasteiger partial charge in [-0.3, -0.25) is 4.90 Å². The molecular weight excluding hydrogens is 314 g/mol. The lowest BCUT2D eigenvalue weighted by Gasteiger charge is -2.33. The fourth-order valence-electron chi connectivity index (χ4n) is 5.02. The molecule has 5 nitrogen and oxygen atoms in total. The van der Waals surface area contributed by atoms with E-state index in [0.717, 1.165) is 18.7 Å². The minimum Gasteiger partial charge on any atom is -0.375 e. The molecule has 1 aromatic carbocycles. The zero-order chi connectivity index (χ0) is 17.2. The number of likely N-dealkylation sites (tertiary alicyclic amines) is 1. The summed E-state index contributed by atoms with van der Waals surface area (Å²) in [5, 5.41) is 3.08. The Morgan fingerprint density at radius 2 is 2.08 bits per heavy atom. The SMILES string of the molecule is CO[C@H](CNC(=O)N1C[C@@H]2CN3CCCC[C@@H]3[C@@H]2C1)c1ccccc1. The van der Waals surface area contributed by atoms with Crippen molar-refractivity contribution in [3.63, 3.8) is 0 Å². The number of benzene rings is 1. The van der Waals surface area contributed by atoms with E-state index in [1.165, 1.54) is 32.4 Å². The molecular formula is C20H29N3O2. The van der Waals surface area contributed by atoms with E-state index in [9.17, 15) is 4.79 Å². The van der Waals surface area contributed by atoms with Gasteiger partial charge in [-0.15, -0.1) is 0 Å². The average Bonchev–Trinajstić information content (AvgIpc) is 3.21. The highest BCUT2D eigenvalue weighted by atomic mass is 16.5. The van der Waals surface area contributed by atoms with Gasteiger partial charge in [0.1, 0.15) is 0 Å². The lowest BCUT2D eigenvalue weighted by molar-refractivity contribution is 0.101. The lowest BCUT2D eigenvalue weighted by atomic mass is 9.90. The van der Waals surface area contributed by atoms with E-state index in [2.05, 4.69) is 10.2 Å². The molecule has 1 aromatic rings. The first-order valence-electron chi connectivity index (χ1n) is 9.61. The smallest absolute Gasteiger partial charge is 0.317 e. The number of nitrogens with zero attached hydrogens (tertiary/aromatic N) is 2. The van der Waals surface area contributed by atoms with E-state index in [-0.39, 0.29) is 12.1 Å². The van der Waals surface area contributed by atoms with Crippen LogP contribution in [-0.4, -0.2) is 61.7 Å². The Kier molecular flexibility index (Phi) is 4.95. The number of rotatable bonds is 4. The molecule has 0 spiro atoms. The van der Waals surface area contributed by atoms with Gasteiger partial charge in [-0.05, 0) is 36.8 Å². The molecule has 0 saturated carbocycles. The molecule has 0 unspecified atom stereocenters. The van der Waals surface area contributed by atoms with Gasteiger partial charge < -0.3 is 15.0 Å². The van der Waals surface area contributed by atoms with Gasteiger partial charge in [0.25, 0.3) is 0 Å². The summed E-state index contributed by atoms with van der Waals surface area (Å²) in [6.45, 7) is 4.79. The van der Waals surface area contributed by atoms with Crippen molar-refractivity contribution in [2.24, 2.45) is 11.8 Å². The van der Waals surface area contributed by atoms with Gasteiger partial charge in [0, 0.05) is 39.3 Å². The fourth-order valence-corrected chi connectivity index (χ4v) is 5.02. The monoisotopic (exact) mass is 343 g/mol. The van der Waals surface area contributed by atoms with E-state index in [0.29, 0.717) is 24.4 Å². The van der Waals surface area contributed by atoms with Crippen LogP contribution in [0.4, 0.5) is 4.79 Å². The first-order valence-corrected chi connectivity index (χ1v) is 9.61. The highest BCUT2D eigenvalue weighted by Gasteiger charge is 2.48. The van der Waals surface area contributed by atoms with Crippen LogP contribution in [0.15, 0.2) is 30.3 Å². The quantitative estimate of drug-likeness (QED) is 0.914. The Balaban J connectivity index is 1.31. The number of fused-ring (bicyclic) bond motifs is 3. The third kappa shape index (κ3) is 3.40. The van der Waals surface area contributed by atoms with Crippen LogP contribution in [0, 0.1) is 11.8 Å². The van der Waals surface area contributed by atoms with Crippen LogP contribution in [0.1, 0.15) is 30.9 Å². The van der Waals surface area contributed by atoms with Crippen molar-refractivity contribution in [2.45, 2.75) is 31.4 Å². The van der Waals surface area contributed by atoms with Crippen molar-refractivity contribution in [1.82, 2.24) is 15.1 Å². The normalized spacial score (nSPS) is 30.0. The minimum absolute atomic E-state index is 0.0646. The Morgan fingerprint density at radius 1 is 1.24 bits per heavy atom. The highest BCUT2D eigenvalue weighted by molar-refractivity contribution is 5.74. The molecule has 0 aliphatic carbocycles. The van der Waals surface area contributed by atoms with E-state index in [4.69, 9.17) is 4.74 Å². The molecule has 1 N–H and O–H groups in total. The molecule has 4 rings (SSSR count). The van der Waals surface area contributed by atoms with Gasteiger partial charge in [0.05, 0.1) is 6.10 Å². The maximum Gasteiger partial charge on any atom is 0.317 e. The number of amides is 2. The summed E-state index contributed by atoms with van der Waals surface area (Å²) in [6, 6.07) is 10.9. The summed E-state index contributed by atoms with van der Waals surface area (Å²) >= 11 is 0. The van der Waals surface area contributed by atoms with Crippen molar-refractivity contribution >= 4 is 6.03 Å². The lowest BCUT2D eigenvalue weighted by Crippen LogP contribution is -2.44. The third-order valence-corrected chi connectivity index (χ3v) is 6.30. The Labute approximate surface area is 150 Å². The molecule has 2 amide bonds. The van der Waals surface area contributed by atoms with E-state index >= 15 is 0 Å². The number of hydrogen-bond acceptors (Lipinski definition) is 3. The van der Waals surface area contributed by atoms with Gasteiger partial charge in [0.2, 0.25) is 0 Å². The van der Waals surface area contributed by atoms with Crippen LogP contribution in [0.25, 0.3) is 0 Å². The van der Waals surface area contributed by atoms with Gasteiger partial charge >= 0.3 is 6.03 Å². The summed E-state index contributed by atoms with van der Waals surface area (Å²) in [7, 11) is 1.70. The number of carbonyl (C=O) groups is 1. The van der Waals surface area contributed by atoms with Crippen molar-refractivity contribution in [1.29, 1.82) is 0 Å². The molecule has 3 aliphatic rings. The second-order valence-corrected chi connectivity index (χ2v) is 7.71. The molecule has 3 heterocycles. The minimum atomic E-state index is -0.0962. The van der Waals surface area contributed by atoms with E-state index in [1.54, 1.807) is 7.11 Å². The standard InChI is InChI=1S/C20H29N3O2/c1-25-19(15-7-3-2-4-8-15)11-21-20(24)23-13-16-12-22-10-6-5-9-18(22)17(16)14-23/h2-4,7-8,16-19H,5-6,9-14H2,1H3,(H,21,24)/t16-,17+,18+,19+/m0/s1. The molecule has 5 heteroatoms. The molecule has 4 atom stereocenters. The van der Waals surface area contributed by atoms with E-state index in [1.807, 2.05) is 35.2 Å². The maximum absolute atomic E-state index is 12.6. The van der Waals surface area contributed by atoms with Crippen molar-refractivity contribution in [3.05, 3.63) is 35.9 Å². The topological polar surface area (TPSA) is 44.8 Å². The predicted molar refractivity (Wildman–Crippen MR) is 97.4 cm³/mol. The van der Waals surface area contributed by atoms with Crippen LogP contribution in [0.5, 0.6) is 0 Å². The zero-order valence-corrected chi connectivity index (χ0v) is 15.1. The van der Waals surface area contributed by atoms with Gasteiger partial charge in [0.15, 0.2) is 0 Å². The Bertz CT molecular complexity index is 594. The average molecular weight is 343 g/mol. The molecule has 3 saturated heterocycles. The second-order valence-electron chi connectivity index (χ2n) is 7.71. The Hall–Kier alpha value is -1.59. The number of carbonyl (C=O) groups excluding carboxylic acids is 1. The molecule has 136 valence electrons. The van der Waals surface area contributed by atoms with Crippen LogP contribution in [-0.2, 0) is 4.74 Å². The summed E-state index contributed by atoms with van der Waals surface area (Å²) in [5.74, 6) is 1.35. The summed E-state index contributed by atoms with van der Waals surface area (Å²) < 4.78 is 5.55. The van der Waals surface area contributed by atoms with Crippen LogP contribution in [0.2, 0.25) is 0 Å². The van der Waals surface area contributed by atoms with E-state index < -0.39 is 0 Å². The van der Waals surface area contributed by atoms with Crippen molar-refractivity contribution < 1.29 is 9.53 Å². The van der Waals surface area contributed by atoms with Gasteiger partial charge in [-0.2, -0.15) is 0 Å². The van der Waals surface area contributed by atoms with Crippen LogP contribution >= 0.6 is 0 Å². The summed E-state index contributed by atoms with van der Waals surface area (Å²) in [6.07, 6.45) is 3.92. The molecule has 25 heavy (non-hydrogen) atoms. The predicted octanol–water partition coefficient (Wildman–Crippen LogP) is 2.50. The third-order valence-electron chi connectivity index (χ3n) is 6.30. The van der Waals surface area contributed by atoms with Crippen molar-refractivity contribution in [3.8, 4) is 0 Å². The van der Waals surface area contributed by atoms with Crippen molar-refractivity contribution in [2.75, 3.05) is 39.8 Å². The number of nitrogens with one attached hydrogen (secondary N) is 1. The number of urea groups is 1. The first-order chi connectivity index (χ1) is 12.3. The van der Waals surface area contributed by atoms with Gasteiger partial charge in [-0.25, -0.2) is 4.79 Å². The molecule has 0 aromatic heterocycles. The summed E-state index contributed by atoms with van der Waals surface area (Å²) in [5.41, 5.74) is 1.10. The molecule has 3 aliphatic heterocycles. The zero-order valence-electron chi connectivity index (χ0n) is 15.1. The Morgan fingerprint density at radius 3 is 2.88 bits per heavy atom. The number of ether oxygens (including phenoxy) is 1. The van der Waals surface area contributed by atoms with Gasteiger partial charge in [-0.1, -0.05) is 36.8 Å². The number of piperidine rings is 1. The highest BCUT2D eigenvalue weighted by Crippen LogP contribution is 2.40. The molecule has 0 radical (unpaired) electrons. The second kappa shape index (κ2) is 7.34. The van der Waals surface area contributed by atoms with Crippen LogP contribution < -0.4 is 5.32 Å².